The van der Waals surface area contributed by atoms with Crippen LogP contribution in [0.2, 0.25) is 0 Å². The van der Waals surface area contributed by atoms with Crippen LogP contribution in [0.1, 0.15) is 18.1 Å². The van der Waals surface area contributed by atoms with E-state index in [1.54, 1.807) is 6.07 Å². The number of halogens is 3. The Hall–Kier alpha value is -1.03. The van der Waals surface area contributed by atoms with Gasteiger partial charge in [0.25, 0.3) is 0 Å². The van der Waals surface area contributed by atoms with Crippen LogP contribution >= 0.6 is 15.9 Å². The quantitative estimate of drug-likeness (QED) is 0.838. The average Bonchev–Trinajstić information content (AvgIpc) is 2.23. The maximum atomic E-state index is 13.3. The molecule has 0 aliphatic heterocycles. The molecule has 0 radical (unpaired) electrons. The van der Waals surface area contributed by atoms with Crippen LogP contribution in [0.25, 0.3) is 0 Å². The van der Waals surface area contributed by atoms with Gasteiger partial charge >= 0.3 is 0 Å². The van der Waals surface area contributed by atoms with Crippen molar-refractivity contribution in [1.29, 1.82) is 5.26 Å². The molecule has 0 bridgehead atoms. The molecule has 6 heteroatoms. The molecule has 1 aromatic rings. The van der Waals surface area contributed by atoms with Crippen LogP contribution in [-0.2, 0) is 0 Å². The van der Waals surface area contributed by atoms with Gasteiger partial charge in [0.1, 0.15) is 17.7 Å². The number of nitrogens with zero attached hydrogens (tertiary/aromatic N) is 1. The van der Waals surface area contributed by atoms with Gasteiger partial charge in [0.15, 0.2) is 0 Å². The zero-order valence-corrected chi connectivity index (χ0v) is 9.58. The van der Waals surface area contributed by atoms with Gasteiger partial charge in [-0.3, -0.25) is 0 Å². The minimum atomic E-state index is -1.62. The van der Waals surface area contributed by atoms with Crippen LogP contribution in [0.3, 0.4) is 0 Å². The van der Waals surface area contributed by atoms with Gasteiger partial charge in [0.2, 0.25) is 0 Å². The molecule has 0 fully saturated rings. The number of aliphatic hydroxyl groups is 2. The molecule has 0 aliphatic rings. The van der Waals surface area contributed by atoms with E-state index in [4.69, 9.17) is 5.26 Å². The second kappa shape index (κ2) is 5.34. The van der Waals surface area contributed by atoms with Crippen molar-refractivity contribution in [2.75, 3.05) is 0 Å². The SMILES string of the molecule is N#CCC(O)C(O)c1cc(F)c(Br)cc1F. The predicted octanol–water partition coefficient (Wildman–Crippen LogP) is 2.04. The third-order valence-electron chi connectivity index (χ3n) is 2.02. The third kappa shape index (κ3) is 2.76. The summed E-state index contributed by atoms with van der Waals surface area (Å²) in [6.07, 6.45) is -3.43. The lowest BCUT2D eigenvalue weighted by Crippen LogP contribution is -2.18. The average molecular weight is 292 g/mol. The highest BCUT2D eigenvalue weighted by Gasteiger charge is 2.22. The molecule has 16 heavy (non-hydrogen) atoms. The number of hydrogen-bond acceptors (Lipinski definition) is 3. The Morgan fingerprint density at radius 3 is 2.50 bits per heavy atom. The summed E-state index contributed by atoms with van der Waals surface area (Å²) < 4.78 is 26.4. The van der Waals surface area contributed by atoms with E-state index in [1.807, 2.05) is 0 Å². The van der Waals surface area contributed by atoms with E-state index in [2.05, 4.69) is 15.9 Å². The highest BCUT2D eigenvalue weighted by molar-refractivity contribution is 9.10. The molecule has 86 valence electrons. The van der Waals surface area contributed by atoms with E-state index in [1.165, 1.54) is 0 Å². The lowest BCUT2D eigenvalue weighted by atomic mass is 10.0. The number of nitriles is 1. The van der Waals surface area contributed by atoms with Crippen molar-refractivity contribution in [2.24, 2.45) is 0 Å². The van der Waals surface area contributed by atoms with Crippen LogP contribution in [-0.4, -0.2) is 16.3 Å². The summed E-state index contributed by atoms with van der Waals surface area (Å²) in [7, 11) is 0. The van der Waals surface area contributed by atoms with Crippen molar-refractivity contribution in [3.8, 4) is 6.07 Å². The first-order valence-electron chi connectivity index (χ1n) is 4.35. The van der Waals surface area contributed by atoms with Crippen molar-refractivity contribution < 1.29 is 19.0 Å². The summed E-state index contributed by atoms with van der Waals surface area (Å²) in [6, 6.07) is 3.26. The predicted molar refractivity (Wildman–Crippen MR) is 55.3 cm³/mol. The second-order valence-electron chi connectivity index (χ2n) is 3.16. The molecule has 0 aliphatic carbocycles. The summed E-state index contributed by atoms with van der Waals surface area (Å²) >= 11 is 2.79. The Balaban J connectivity index is 3.04. The minimum absolute atomic E-state index is 0.0734. The van der Waals surface area contributed by atoms with Crippen molar-refractivity contribution >= 4 is 15.9 Å². The van der Waals surface area contributed by atoms with Gasteiger partial charge in [-0.15, -0.1) is 0 Å². The fourth-order valence-corrected chi connectivity index (χ4v) is 1.49. The maximum Gasteiger partial charge on any atom is 0.137 e. The van der Waals surface area contributed by atoms with E-state index >= 15 is 0 Å². The largest absolute Gasteiger partial charge is 0.389 e. The highest BCUT2D eigenvalue weighted by Crippen LogP contribution is 2.26. The van der Waals surface area contributed by atoms with Gasteiger partial charge in [-0.2, -0.15) is 5.26 Å². The van der Waals surface area contributed by atoms with Gasteiger partial charge in [0.05, 0.1) is 23.1 Å². The van der Waals surface area contributed by atoms with Crippen LogP contribution in [0.5, 0.6) is 0 Å². The van der Waals surface area contributed by atoms with Crippen molar-refractivity contribution in [3.63, 3.8) is 0 Å². The van der Waals surface area contributed by atoms with Gasteiger partial charge < -0.3 is 10.2 Å². The molecule has 2 atom stereocenters. The number of aliphatic hydroxyl groups excluding tert-OH is 2. The number of benzene rings is 1. The molecule has 0 aromatic heterocycles. The molecule has 0 saturated carbocycles. The van der Waals surface area contributed by atoms with Crippen LogP contribution in [0, 0.1) is 23.0 Å². The van der Waals surface area contributed by atoms with E-state index in [-0.39, 0.29) is 16.5 Å². The Kier molecular flexibility index (Phi) is 4.35. The summed E-state index contributed by atoms with van der Waals surface area (Å²) in [4.78, 5) is 0. The fraction of sp³-hybridized carbons (Fsp3) is 0.300. The van der Waals surface area contributed by atoms with Gasteiger partial charge in [-0.1, -0.05) is 0 Å². The van der Waals surface area contributed by atoms with Crippen LogP contribution in [0.15, 0.2) is 16.6 Å². The molecule has 3 nitrogen and oxygen atoms in total. The number of rotatable bonds is 3. The first-order chi connectivity index (χ1) is 7.47. The van der Waals surface area contributed by atoms with Gasteiger partial charge in [-0.05, 0) is 28.1 Å². The first-order valence-corrected chi connectivity index (χ1v) is 5.14. The van der Waals surface area contributed by atoms with Crippen molar-refractivity contribution in [3.05, 3.63) is 33.8 Å². The second-order valence-corrected chi connectivity index (χ2v) is 4.02. The first kappa shape index (κ1) is 13.0. The molecular weight excluding hydrogens is 284 g/mol. The summed E-state index contributed by atoms with van der Waals surface area (Å²) in [5, 5.41) is 27.1. The molecule has 2 unspecified atom stereocenters. The molecular formula is C10H8BrF2NO2. The smallest absolute Gasteiger partial charge is 0.137 e. The Morgan fingerprint density at radius 2 is 1.94 bits per heavy atom. The molecule has 0 amide bonds. The summed E-state index contributed by atoms with van der Waals surface area (Å²) in [5.74, 6) is -1.60. The van der Waals surface area contributed by atoms with Gasteiger partial charge in [0, 0.05) is 5.56 Å². The zero-order chi connectivity index (χ0) is 12.3. The lowest BCUT2D eigenvalue weighted by Gasteiger charge is -2.16. The van der Waals surface area contributed by atoms with E-state index in [0.29, 0.717) is 0 Å². The lowest BCUT2D eigenvalue weighted by molar-refractivity contribution is 0.0193. The molecule has 0 heterocycles. The van der Waals surface area contributed by atoms with E-state index in [0.717, 1.165) is 12.1 Å². The summed E-state index contributed by atoms with van der Waals surface area (Å²) in [5.41, 5.74) is -0.372. The third-order valence-corrected chi connectivity index (χ3v) is 2.63. The van der Waals surface area contributed by atoms with Crippen molar-refractivity contribution in [2.45, 2.75) is 18.6 Å². The Morgan fingerprint density at radius 1 is 1.31 bits per heavy atom. The Bertz CT molecular complexity index is 434. The normalized spacial score (nSPS) is 14.2. The molecule has 2 N–H and O–H groups in total. The fourth-order valence-electron chi connectivity index (χ4n) is 1.18. The number of hydrogen-bond donors (Lipinski definition) is 2. The zero-order valence-electron chi connectivity index (χ0n) is 7.99. The standard InChI is InChI=1S/C10H8BrF2NO2/c11-6-4-7(12)5(3-8(6)13)10(16)9(15)1-2-14/h3-4,9-10,15-16H,1H2. The highest BCUT2D eigenvalue weighted by atomic mass is 79.9. The molecule has 0 saturated heterocycles. The molecule has 1 rings (SSSR count). The summed E-state index contributed by atoms with van der Waals surface area (Å²) in [6.45, 7) is 0. The van der Waals surface area contributed by atoms with Crippen LogP contribution in [0.4, 0.5) is 8.78 Å². The van der Waals surface area contributed by atoms with Crippen LogP contribution < -0.4 is 0 Å². The molecule has 1 aromatic carbocycles. The van der Waals surface area contributed by atoms with Crippen molar-refractivity contribution in [1.82, 2.24) is 0 Å². The Labute approximate surface area is 99.1 Å². The molecule has 0 spiro atoms. The van der Waals surface area contributed by atoms with E-state index in [9.17, 15) is 19.0 Å². The van der Waals surface area contributed by atoms with Gasteiger partial charge in [-0.25, -0.2) is 8.78 Å². The maximum absolute atomic E-state index is 13.3. The monoisotopic (exact) mass is 291 g/mol. The topological polar surface area (TPSA) is 64.2 Å². The minimum Gasteiger partial charge on any atom is -0.389 e. The van der Waals surface area contributed by atoms with E-state index < -0.39 is 23.8 Å².